The molecule has 2 rings (SSSR count). The van der Waals surface area contributed by atoms with Gasteiger partial charge >= 0.3 is 0 Å². The Hall–Kier alpha value is -1.30. The van der Waals surface area contributed by atoms with Gasteiger partial charge < -0.3 is 15.2 Å². The molecule has 1 fully saturated rings. The Bertz CT molecular complexity index is 506. The Balaban J connectivity index is 1.86. The van der Waals surface area contributed by atoms with Gasteiger partial charge in [0, 0.05) is 18.3 Å². The summed E-state index contributed by atoms with van der Waals surface area (Å²) in [5, 5.41) is 12.2. The smallest absolute Gasteiger partial charge is 0.238 e. The van der Waals surface area contributed by atoms with Crippen molar-refractivity contribution in [2.75, 3.05) is 32.1 Å². The summed E-state index contributed by atoms with van der Waals surface area (Å²) in [6.07, 6.45) is 4.00. The predicted molar refractivity (Wildman–Crippen MR) is 87.5 cm³/mol. The number of rotatable bonds is 9. The molecule has 0 radical (unpaired) electrons. The van der Waals surface area contributed by atoms with Crippen LogP contribution in [0.15, 0.2) is 18.2 Å². The number of nitrogens with zero attached hydrogens (tertiary/aromatic N) is 1. The number of nitrogens with one attached hydrogen (secondary N) is 1. The minimum atomic E-state index is -0.0443. The highest BCUT2D eigenvalue weighted by Gasteiger charge is 2.29. The molecule has 0 saturated heterocycles. The van der Waals surface area contributed by atoms with E-state index >= 15 is 0 Å². The number of aliphatic hydroxyl groups is 1. The lowest BCUT2D eigenvalue weighted by Gasteiger charge is -2.21. The number of ether oxygens (including phenoxy) is 1. The van der Waals surface area contributed by atoms with Crippen molar-refractivity contribution in [3.8, 4) is 5.75 Å². The first-order valence-corrected chi connectivity index (χ1v) is 8.00. The lowest BCUT2D eigenvalue weighted by Crippen LogP contribution is -2.35. The molecule has 0 spiro atoms. The van der Waals surface area contributed by atoms with Gasteiger partial charge in [0.25, 0.3) is 0 Å². The van der Waals surface area contributed by atoms with Gasteiger partial charge in [0.1, 0.15) is 5.75 Å². The van der Waals surface area contributed by atoms with Crippen molar-refractivity contribution in [1.82, 2.24) is 4.90 Å². The van der Waals surface area contributed by atoms with Crippen molar-refractivity contribution in [3.63, 3.8) is 0 Å². The molecule has 2 N–H and O–H groups in total. The Morgan fingerprint density at radius 3 is 2.82 bits per heavy atom. The number of aliphatic hydroxyl groups excluding tert-OH is 1. The van der Waals surface area contributed by atoms with E-state index in [0.717, 1.165) is 32.2 Å². The van der Waals surface area contributed by atoms with Gasteiger partial charge in [-0.1, -0.05) is 11.6 Å². The molecule has 1 aromatic rings. The van der Waals surface area contributed by atoms with Crippen molar-refractivity contribution in [2.24, 2.45) is 0 Å². The fourth-order valence-corrected chi connectivity index (χ4v) is 2.64. The van der Waals surface area contributed by atoms with Crippen molar-refractivity contribution in [2.45, 2.75) is 31.7 Å². The minimum absolute atomic E-state index is 0.0443. The van der Waals surface area contributed by atoms with Crippen LogP contribution in [0.25, 0.3) is 0 Å². The predicted octanol–water partition coefficient (Wildman–Crippen LogP) is 2.52. The van der Waals surface area contributed by atoms with Gasteiger partial charge in [-0.3, -0.25) is 9.69 Å². The van der Waals surface area contributed by atoms with Crippen LogP contribution in [0.3, 0.4) is 0 Å². The highest BCUT2D eigenvalue weighted by Crippen LogP contribution is 2.28. The number of hydrogen-bond acceptors (Lipinski definition) is 4. The SMILES string of the molecule is COc1ccc(NC(=O)CN(CCCCO)C2CC2)cc1Cl. The van der Waals surface area contributed by atoms with E-state index in [2.05, 4.69) is 10.2 Å². The molecule has 1 aliphatic rings. The minimum Gasteiger partial charge on any atom is -0.495 e. The van der Waals surface area contributed by atoms with E-state index in [4.69, 9.17) is 21.4 Å². The molecular weight excluding hydrogens is 304 g/mol. The van der Waals surface area contributed by atoms with Gasteiger partial charge in [0.05, 0.1) is 18.7 Å². The molecule has 0 unspecified atom stereocenters. The van der Waals surface area contributed by atoms with Crippen LogP contribution in [0.1, 0.15) is 25.7 Å². The molecule has 0 aromatic heterocycles. The summed E-state index contributed by atoms with van der Waals surface area (Å²) < 4.78 is 5.09. The second kappa shape index (κ2) is 8.36. The third kappa shape index (κ3) is 5.16. The largest absolute Gasteiger partial charge is 0.495 e. The van der Waals surface area contributed by atoms with Crippen LogP contribution in [0.2, 0.25) is 5.02 Å². The van der Waals surface area contributed by atoms with E-state index in [1.165, 1.54) is 0 Å². The maximum atomic E-state index is 12.2. The monoisotopic (exact) mass is 326 g/mol. The molecule has 1 aliphatic carbocycles. The van der Waals surface area contributed by atoms with E-state index in [1.54, 1.807) is 25.3 Å². The third-order valence-corrected chi connectivity index (χ3v) is 3.99. The normalized spacial score (nSPS) is 14.2. The molecule has 1 saturated carbocycles. The van der Waals surface area contributed by atoms with Gasteiger partial charge in [-0.15, -0.1) is 0 Å². The zero-order valence-corrected chi connectivity index (χ0v) is 13.6. The number of amides is 1. The van der Waals surface area contributed by atoms with Crippen LogP contribution in [0.5, 0.6) is 5.75 Å². The van der Waals surface area contributed by atoms with Crippen molar-refractivity contribution < 1.29 is 14.6 Å². The Morgan fingerprint density at radius 2 is 2.23 bits per heavy atom. The average Bonchev–Trinajstić information content (AvgIpc) is 3.31. The second-order valence-corrected chi connectivity index (χ2v) is 5.94. The summed E-state index contributed by atoms with van der Waals surface area (Å²) in [5.41, 5.74) is 0.668. The molecule has 22 heavy (non-hydrogen) atoms. The maximum Gasteiger partial charge on any atom is 0.238 e. The fourth-order valence-electron chi connectivity index (χ4n) is 2.39. The van der Waals surface area contributed by atoms with E-state index in [0.29, 0.717) is 29.0 Å². The number of halogens is 1. The van der Waals surface area contributed by atoms with Gasteiger partial charge in [-0.25, -0.2) is 0 Å². The lowest BCUT2D eigenvalue weighted by atomic mass is 10.2. The van der Waals surface area contributed by atoms with Crippen LogP contribution in [0.4, 0.5) is 5.69 Å². The van der Waals surface area contributed by atoms with Gasteiger partial charge in [-0.05, 0) is 50.4 Å². The first-order valence-electron chi connectivity index (χ1n) is 7.62. The van der Waals surface area contributed by atoms with E-state index in [9.17, 15) is 4.79 Å². The van der Waals surface area contributed by atoms with E-state index in [-0.39, 0.29) is 12.5 Å². The molecule has 1 amide bonds. The number of benzene rings is 1. The summed E-state index contributed by atoms with van der Waals surface area (Å²) in [6.45, 7) is 1.43. The highest BCUT2D eigenvalue weighted by atomic mass is 35.5. The molecular formula is C16H23ClN2O3. The Morgan fingerprint density at radius 1 is 1.45 bits per heavy atom. The van der Waals surface area contributed by atoms with Crippen LogP contribution in [0, 0.1) is 0 Å². The van der Waals surface area contributed by atoms with Gasteiger partial charge in [-0.2, -0.15) is 0 Å². The van der Waals surface area contributed by atoms with E-state index < -0.39 is 0 Å². The summed E-state index contributed by atoms with van der Waals surface area (Å²) >= 11 is 6.05. The number of hydrogen-bond donors (Lipinski definition) is 2. The number of methoxy groups -OCH3 is 1. The van der Waals surface area contributed by atoms with Crippen LogP contribution < -0.4 is 10.1 Å². The quantitative estimate of drug-likeness (QED) is 0.685. The zero-order valence-electron chi connectivity index (χ0n) is 12.8. The van der Waals surface area contributed by atoms with Crippen molar-refractivity contribution in [1.29, 1.82) is 0 Å². The maximum absolute atomic E-state index is 12.2. The van der Waals surface area contributed by atoms with Crippen molar-refractivity contribution >= 4 is 23.2 Å². The molecule has 0 bridgehead atoms. The van der Waals surface area contributed by atoms with Crippen LogP contribution >= 0.6 is 11.6 Å². The fraction of sp³-hybridized carbons (Fsp3) is 0.562. The lowest BCUT2D eigenvalue weighted by molar-refractivity contribution is -0.117. The number of anilines is 1. The zero-order chi connectivity index (χ0) is 15.9. The molecule has 0 aliphatic heterocycles. The van der Waals surface area contributed by atoms with E-state index in [1.807, 2.05) is 0 Å². The first kappa shape index (κ1) is 17.1. The third-order valence-electron chi connectivity index (χ3n) is 3.70. The van der Waals surface area contributed by atoms with Gasteiger partial charge in [0.2, 0.25) is 5.91 Å². The summed E-state index contributed by atoms with van der Waals surface area (Å²) in [5.74, 6) is 0.542. The summed E-state index contributed by atoms with van der Waals surface area (Å²) in [6, 6.07) is 5.71. The summed E-state index contributed by atoms with van der Waals surface area (Å²) in [7, 11) is 1.55. The highest BCUT2D eigenvalue weighted by molar-refractivity contribution is 6.32. The second-order valence-electron chi connectivity index (χ2n) is 5.53. The van der Waals surface area contributed by atoms with Crippen LogP contribution in [-0.2, 0) is 4.79 Å². The van der Waals surface area contributed by atoms with Gasteiger partial charge in [0.15, 0.2) is 0 Å². The molecule has 1 aromatic carbocycles. The topological polar surface area (TPSA) is 61.8 Å². The molecule has 0 atom stereocenters. The molecule has 0 heterocycles. The first-order chi connectivity index (χ1) is 10.6. The number of carbonyl (C=O) groups is 1. The Labute approximate surface area is 136 Å². The average molecular weight is 327 g/mol. The summed E-state index contributed by atoms with van der Waals surface area (Å²) in [4.78, 5) is 14.4. The number of unbranched alkanes of at least 4 members (excludes halogenated alkanes) is 1. The number of carbonyl (C=O) groups excluding carboxylic acids is 1. The molecule has 122 valence electrons. The molecule has 5 nitrogen and oxygen atoms in total. The van der Waals surface area contributed by atoms with Crippen LogP contribution in [-0.4, -0.2) is 48.8 Å². The standard InChI is InChI=1S/C16H23ClN2O3/c1-22-15-7-4-12(10-14(15)17)18-16(21)11-19(13-5-6-13)8-2-3-9-20/h4,7,10,13,20H,2-3,5-6,8-9,11H2,1H3,(H,18,21). The Kier molecular flexibility index (Phi) is 6.49. The van der Waals surface area contributed by atoms with Crippen molar-refractivity contribution in [3.05, 3.63) is 23.2 Å². The molecule has 6 heteroatoms.